The predicted octanol–water partition coefficient (Wildman–Crippen LogP) is 9.31. The molecule has 7 atom stereocenters. The summed E-state index contributed by atoms with van der Waals surface area (Å²) in [5.41, 5.74) is -1.02. The number of benzene rings is 4. The Kier molecular flexibility index (Phi) is 11.7. The molecule has 1 saturated heterocycles. The summed E-state index contributed by atoms with van der Waals surface area (Å²) in [6.07, 6.45) is 3.92. The minimum absolute atomic E-state index is 0.0118. The van der Waals surface area contributed by atoms with Crippen LogP contribution in [0.25, 0.3) is 0 Å². The van der Waals surface area contributed by atoms with E-state index in [9.17, 15) is 19.2 Å². The summed E-state index contributed by atoms with van der Waals surface area (Å²) in [5, 5.41) is 0. The first kappa shape index (κ1) is 39.9. The zero-order valence-corrected chi connectivity index (χ0v) is 33.0. The Balaban J connectivity index is 1.18. The Bertz CT molecular complexity index is 2020. The Labute approximate surface area is 335 Å². The first-order chi connectivity index (χ1) is 27.5. The van der Waals surface area contributed by atoms with E-state index in [4.69, 9.17) is 23.7 Å². The van der Waals surface area contributed by atoms with E-state index in [1.165, 1.54) is 0 Å². The molecule has 9 nitrogen and oxygen atoms in total. The standard InChI is InChI=1S/C48H52O9/c1-34-24-25-39-45(2,32-54-42(50)36-18-10-5-11-19-36)40(56-44(52)38-22-14-7-15-23-38)26-27-46(39,3)48(34)29-28-47(57-48,33-55-43(51)37-20-12-6-13-21-37)30-31-53-41(49)35-16-8-4-9-17-35/h4-23,34,39-40H,24-33H2,1-3H3/t34-,39?,40+,45+,46+,47+,48-/m1/s1. The van der Waals surface area contributed by atoms with Gasteiger partial charge in [0.05, 0.1) is 34.5 Å². The normalized spacial score (nSPS) is 29.1. The van der Waals surface area contributed by atoms with Gasteiger partial charge in [-0.2, -0.15) is 0 Å². The fourth-order valence-electron chi connectivity index (χ4n) is 10.1. The van der Waals surface area contributed by atoms with Crippen molar-refractivity contribution in [1.82, 2.24) is 0 Å². The Hall–Kier alpha value is -5.28. The summed E-state index contributed by atoms with van der Waals surface area (Å²) in [7, 11) is 0. The van der Waals surface area contributed by atoms with Gasteiger partial charge in [0.2, 0.25) is 0 Å². The second kappa shape index (κ2) is 16.7. The van der Waals surface area contributed by atoms with Crippen molar-refractivity contribution in [2.24, 2.45) is 22.7 Å². The molecule has 0 amide bonds. The SMILES string of the molecule is C[C@@H]1CCC2[C@](C)(COC(=O)c3ccccc3)[C@@H](OC(=O)c3ccccc3)CC[C@]2(C)[C@@]12CC[C@](CCOC(=O)c1ccccc1)(COC(=O)c1ccccc1)O2. The maximum atomic E-state index is 13.6. The minimum Gasteiger partial charge on any atom is -0.462 e. The highest BCUT2D eigenvalue weighted by atomic mass is 16.6. The molecule has 3 fully saturated rings. The number of ether oxygens (including phenoxy) is 5. The predicted molar refractivity (Wildman–Crippen MR) is 214 cm³/mol. The summed E-state index contributed by atoms with van der Waals surface area (Å²) < 4.78 is 31.9. The molecule has 7 rings (SSSR count). The molecule has 298 valence electrons. The number of carbonyl (C=O) groups is 4. The minimum atomic E-state index is -0.937. The summed E-state index contributed by atoms with van der Waals surface area (Å²) in [5.74, 6) is -1.68. The van der Waals surface area contributed by atoms with E-state index in [-0.39, 0.29) is 31.7 Å². The molecule has 0 radical (unpaired) electrons. The molecule has 4 aromatic carbocycles. The second-order valence-corrected chi connectivity index (χ2v) is 16.6. The monoisotopic (exact) mass is 772 g/mol. The van der Waals surface area contributed by atoms with E-state index in [1.807, 2.05) is 36.4 Å². The third kappa shape index (κ3) is 7.99. The number of rotatable bonds is 12. The summed E-state index contributed by atoms with van der Waals surface area (Å²) in [6.45, 7) is 6.72. The van der Waals surface area contributed by atoms with E-state index < -0.39 is 52.0 Å². The third-order valence-corrected chi connectivity index (χ3v) is 13.3. The van der Waals surface area contributed by atoms with Gasteiger partial charge in [-0.1, -0.05) is 93.6 Å². The van der Waals surface area contributed by atoms with Gasteiger partial charge in [0.15, 0.2) is 0 Å². The fourth-order valence-corrected chi connectivity index (χ4v) is 10.1. The smallest absolute Gasteiger partial charge is 0.338 e. The van der Waals surface area contributed by atoms with Crippen LogP contribution in [0.5, 0.6) is 0 Å². The maximum Gasteiger partial charge on any atom is 0.338 e. The number of hydrogen-bond donors (Lipinski definition) is 0. The zero-order valence-electron chi connectivity index (χ0n) is 33.0. The average Bonchev–Trinajstić information content (AvgIpc) is 3.64. The second-order valence-electron chi connectivity index (χ2n) is 16.6. The Morgan fingerprint density at radius 2 is 1.05 bits per heavy atom. The highest BCUT2D eigenvalue weighted by Gasteiger charge is 2.70. The van der Waals surface area contributed by atoms with Gasteiger partial charge in [-0.15, -0.1) is 0 Å². The molecule has 4 aromatic rings. The van der Waals surface area contributed by atoms with Crippen molar-refractivity contribution in [3.63, 3.8) is 0 Å². The average molecular weight is 773 g/mol. The van der Waals surface area contributed by atoms with Crippen LogP contribution < -0.4 is 0 Å². The Morgan fingerprint density at radius 3 is 1.58 bits per heavy atom. The molecular formula is C48H52O9. The number of fused-ring (bicyclic) bond motifs is 2. The van der Waals surface area contributed by atoms with Crippen LogP contribution in [-0.4, -0.2) is 61.0 Å². The van der Waals surface area contributed by atoms with Crippen LogP contribution in [0.15, 0.2) is 121 Å². The third-order valence-electron chi connectivity index (χ3n) is 13.3. The lowest BCUT2D eigenvalue weighted by atomic mass is 9.43. The van der Waals surface area contributed by atoms with Gasteiger partial charge >= 0.3 is 23.9 Å². The first-order valence-electron chi connectivity index (χ1n) is 20.1. The molecule has 3 aliphatic rings. The van der Waals surface area contributed by atoms with E-state index in [1.54, 1.807) is 84.9 Å². The Morgan fingerprint density at radius 1 is 0.579 bits per heavy atom. The summed E-state index contributed by atoms with van der Waals surface area (Å²) in [6, 6.07) is 35.6. The molecule has 1 unspecified atom stereocenters. The van der Waals surface area contributed by atoms with E-state index in [2.05, 4.69) is 20.8 Å². The van der Waals surface area contributed by atoms with Crippen LogP contribution >= 0.6 is 0 Å². The van der Waals surface area contributed by atoms with Crippen LogP contribution in [0.2, 0.25) is 0 Å². The van der Waals surface area contributed by atoms with Crippen molar-refractivity contribution in [1.29, 1.82) is 0 Å². The van der Waals surface area contributed by atoms with Crippen LogP contribution in [0.4, 0.5) is 0 Å². The quantitative estimate of drug-likeness (QED) is 0.103. The maximum absolute atomic E-state index is 13.6. The van der Waals surface area contributed by atoms with Crippen LogP contribution in [0, 0.1) is 22.7 Å². The highest BCUT2D eigenvalue weighted by molar-refractivity contribution is 5.91. The molecule has 2 aliphatic carbocycles. The number of hydrogen-bond acceptors (Lipinski definition) is 9. The van der Waals surface area contributed by atoms with Gasteiger partial charge in [0.1, 0.15) is 24.9 Å². The summed E-state index contributed by atoms with van der Waals surface area (Å²) >= 11 is 0. The number of carbonyl (C=O) groups excluding carboxylic acids is 4. The molecule has 1 heterocycles. The summed E-state index contributed by atoms with van der Waals surface area (Å²) in [4.78, 5) is 53.4. The van der Waals surface area contributed by atoms with Gasteiger partial charge in [0.25, 0.3) is 0 Å². The molecular weight excluding hydrogens is 721 g/mol. The van der Waals surface area contributed by atoms with Crippen molar-refractivity contribution in [3.05, 3.63) is 144 Å². The van der Waals surface area contributed by atoms with Crippen molar-refractivity contribution in [3.8, 4) is 0 Å². The molecule has 2 saturated carbocycles. The molecule has 9 heteroatoms. The van der Waals surface area contributed by atoms with Crippen LogP contribution in [0.1, 0.15) is 107 Å². The van der Waals surface area contributed by atoms with Gasteiger partial charge in [-0.3, -0.25) is 0 Å². The van der Waals surface area contributed by atoms with E-state index in [0.29, 0.717) is 54.4 Å². The zero-order chi connectivity index (χ0) is 40.1. The van der Waals surface area contributed by atoms with Gasteiger partial charge in [-0.25, -0.2) is 19.2 Å². The molecule has 0 bridgehead atoms. The van der Waals surface area contributed by atoms with Gasteiger partial charge in [-0.05, 0) is 98.9 Å². The lowest BCUT2D eigenvalue weighted by Gasteiger charge is -2.65. The van der Waals surface area contributed by atoms with Gasteiger partial charge in [0, 0.05) is 17.3 Å². The number of esters is 4. The largest absolute Gasteiger partial charge is 0.462 e. The van der Waals surface area contributed by atoms with E-state index in [0.717, 1.165) is 12.8 Å². The molecule has 1 spiro atoms. The lowest BCUT2D eigenvalue weighted by molar-refractivity contribution is -0.271. The van der Waals surface area contributed by atoms with Crippen LogP contribution in [-0.2, 0) is 23.7 Å². The topological polar surface area (TPSA) is 114 Å². The molecule has 0 N–H and O–H groups in total. The molecule has 1 aliphatic heterocycles. The van der Waals surface area contributed by atoms with Crippen molar-refractivity contribution in [2.75, 3.05) is 19.8 Å². The first-order valence-corrected chi connectivity index (χ1v) is 20.1. The molecule has 0 aromatic heterocycles. The highest BCUT2D eigenvalue weighted by Crippen LogP contribution is 2.68. The fraction of sp³-hybridized carbons (Fsp3) is 0.417. The van der Waals surface area contributed by atoms with Crippen molar-refractivity contribution >= 4 is 23.9 Å². The van der Waals surface area contributed by atoms with Gasteiger partial charge < -0.3 is 23.7 Å². The van der Waals surface area contributed by atoms with E-state index >= 15 is 0 Å². The van der Waals surface area contributed by atoms with Crippen LogP contribution in [0.3, 0.4) is 0 Å². The molecule has 57 heavy (non-hydrogen) atoms. The lowest BCUT2D eigenvalue weighted by Crippen LogP contribution is -2.67. The van der Waals surface area contributed by atoms with Crippen molar-refractivity contribution in [2.45, 2.75) is 83.0 Å². The van der Waals surface area contributed by atoms with Crippen molar-refractivity contribution < 1.29 is 42.9 Å².